The number of aryl methyl sites for hydroxylation is 1. The molecule has 1 aliphatic rings. The predicted molar refractivity (Wildman–Crippen MR) is 127 cm³/mol. The zero-order valence-corrected chi connectivity index (χ0v) is 19.2. The number of aromatic amines is 1. The van der Waals surface area contributed by atoms with Crippen LogP contribution in [-0.4, -0.2) is 27.0 Å². The largest absolute Gasteiger partial charge is 0.454 e. The van der Waals surface area contributed by atoms with E-state index in [9.17, 15) is 9.59 Å². The van der Waals surface area contributed by atoms with E-state index < -0.39 is 28.9 Å². The highest BCUT2D eigenvalue weighted by molar-refractivity contribution is 6.16. The second kappa shape index (κ2) is 8.88. The lowest BCUT2D eigenvalue weighted by Crippen LogP contribution is -2.41. The first-order valence-electron chi connectivity index (χ1n) is 11.1. The van der Waals surface area contributed by atoms with Gasteiger partial charge in [0, 0.05) is 41.3 Å². The highest BCUT2D eigenvalue weighted by Gasteiger charge is 2.57. The number of carbonyl (C=O) groups excluding carboxylic acids is 2. The fourth-order valence-corrected chi connectivity index (χ4v) is 3.97. The van der Waals surface area contributed by atoms with Crippen molar-refractivity contribution in [3.8, 4) is 22.8 Å². The van der Waals surface area contributed by atoms with Gasteiger partial charge in [-0.3, -0.25) is 24.6 Å². The average molecular weight is 489 g/mol. The number of primary amides is 1. The first-order valence-corrected chi connectivity index (χ1v) is 11.1. The molecule has 0 spiro atoms. The summed E-state index contributed by atoms with van der Waals surface area (Å²) in [5.41, 5.74) is 6.03. The van der Waals surface area contributed by atoms with E-state index in [1.54, 1.807) is 42.6 Å². The van der Waals surface area contributed by atoms with E-state index in [1.807, 2.05) is 6.92 Å². The lowest BCUT2D eigenvalue weighted by Gasteiger charge is -2.27. The van der Waals surface area contributed by atoms with Crippen LogP contribution in [0.25, 0.3) is 11.3 Å². The van der Waals surface area contributed by atoms with Crippen molar-refractivity contribution in [3.05, 3.63) is 84.3 Å². The number of nitrogens with one attached hydrogen (secondary N) is 1. The van der Waals surface area contributed by atoms with Gasteiger partial charge in [0.2, 0.25) is 11.8 Å². The number of pyridine rings is 1. The highest BCUT2D eigenvalue weighted by Crippen LogP contribution is 2.49. The van der Waals surface area contributed by atoms with E-state index in [2.05, 4.69) is 15.2 Å². The van der Waals surface area contributed by atoms with Crippen LogP contribution >= 0.6 is 0 Å². The zero-order chi connectivity index (χ0) is 25.4. The van der Waals surface area contributed by atoms with Crippen LogP contribution in [-0.2, 0) is 9.59 Å². The summed E-state index contributed by atoms with van der Waals surface area (Å²) in [4.78, 5) is 30.6. The molecule has 0 saturated heterocycles. The zero-order valence-electron chi connectivity index (χ0n) is 19.2. The van der Waals surface area contributed by atoms with Gasteiger partial charge in [-0.1, -0.05) is 18.2 Å². The van der Waals surface area contributed by atoms with Gasteiger partial charge in [0.1, 0.15) is 11.2 Å². The van der Waals surface area contributed by atoms with Gasteiger partial charge in [-0.15, -0.1) is 0 Å². The van der Waals surface area contributed by atoms with Gasteiger partial charge < -0.3 is 10.5 Å². The summed E-state index contributed by atoms with van der Waals surface area (Å²) in [5.74, 6) is -3.47. The van der Waals surface area contributed by atoms with Gasteiger partial charge in [0.25, 0.3) is 0 Å². The number of ether oxygens (including phenoxy) is 1. The first-order chi connectivity index (χ1) is 17.3. The van der Waals surface area contributed by atoms with Crippen LogP contribution in [0.1, 0.15) is 18.5 Å². The molecule has 8 nitrogen and oxygen atoms in total. The number of anilines is 2. The molecule has 0 unspecified atom stereocenters. The number of aromatic nitrogens is 3. The van der Waals surface area contributed by atoms with Gasteiger partial charge in [0.05, 0.1) is 17.6 Å². The molecule has 1 aliphatic carbocycles. The minimum atomic E-state index is -1.44. The second-order valence-electron chi connectivity index (χ2n) is 8.54. The number of nitrogens with two attached hydrogens (primary N) is 1. The second-order valence-corrected chi connectivity index (χ2v) is 8.54. The normalized spacial score (nSPS) is 13.8. The third-order valence-corrected chi connectivity index (χ3v) is 6.16. The Labute approximate surface area is 204 Å². The quantitative estimate of drug-likeness (QED) is 0.363. The molecule has 0 atom stereocenters. The summed E-state index contributed by atoms with van der Waals surface area (Å²) < 4.78 is 36.2. The molecule has 182 valence electrons. The smallest absolute Gasteiger partial charge is 0.247 e. The summed E-state index contributed by atoms with van der Waals surface area (Å²) in [7, 11) is 0. The summed E-state index contributed by atoms with van der Waals surface area (Å²) in [6.45, 7) is 1.83. The molecule has 0 bridgehead atoms. The maximum absolute atomic E-state index is 15.4. The Kier molecular flexibility index (Phi) is 5.71. The van der Waals surface area contributed by atoms with E-state index in [0.29, 0.717) is 5.69 Å². The predicted octanol–water partition coefficient (Wildman–Crippen LogP) is 4.78. The molecule has 2 amide bonds. The van der Waals surface area contributed by atoms with Crippen molar-refractivity contribution < 1.29 is 23.1 Å². The number of halogens is 2. The number of hydrogen-bond acceptors (Lipinski definition) is 5. The van der Waals surface area contributed by atoms with Crippen molar-refractivity contribution in [1.29, 1.82) is 0 Å². The lowest BCUT2D eigenvalue weighted by molar-refractivity contribution is -0.133. The molecular weight excluding hydrogens is 468 g/mol. The molecule has 0 radical (unpaired) electrons. The van der Waals surface area contributed by atoms with E-state index in [-0.39, 0.29) is 35.7 Å². The molecule has 5 rings (SSSR count). The highest BCUT2D eigenvalue weighted by atomic mass is 19.1. The van der Waals surface area contributed by atoms with Gasteiger partial charge >= 0.3 is 0 Å². The monoisotopic (exact) mass is 489 g/mol. The summed E-state index contributed by atoms with van der Waals surface area (Å²) >= 11 is 0. The minimum absolute atomic E-state index is 0.230. The molecule has 3 N–H and O–H groups in total. The van der Waals surface area contributed by atoms with Crippen molar-refractivity contribution in [2.45, 2.75) is 19.8 Å². The molecule has 1 saturated carbocycles. The summed E-state index contributed by atoms with van der Waals surface area (Å²) in [6, 6.07) is 13.0. The van der Waals surface area contributed by atoms with Crippen LogP contribution in [0.2, 0.25) is 0 Å². The number of para-hydroxylation sites is 1. The molecule has 36 heavy (non-hydrogen) atoms. The van der Waals surface area contributed by atoms with Crippen molar-refractivity contribution in [2.24, 2.45) is 11.1 Å². The Balaban J connectivity index is 1.51. The lowest BCUT2D eigenvalue weighted by atomic mass is 10.0. The van der Waals surface area contributed by atoms with Crippen LogP contribution in [0.5, 0.6) is 11.5 Å². The fourth-order valence-electron chi connectivity index (χ4n) is 3.97. The standard InChI is InChI=1S/C26H21F2N5O3/c1-15-18(14-31-32-15)21-11-17(7-10-30-21)36-23-13-19(27)22(12-20(23)28)33(16-5-3-2-4-6-16)25(35)26(8-9-26)24(29)34/h2-7,10-14H,8-9H2,1H3,(H2,29,34)(H,31,32). The molecule has 0 aliphatic heterocycles. The molecule has 4 aromatic rings. The molecule has 2 aromatic heterocycles. The van der Waals surface area contributed by atoms with Crippen molar-refractivity contribution >= 4 is 23.2 Å². The number of carbonyl (C=O) groups is 2. The molecular formula is C26H21F2N5O3. The Bertz CT molecular complexity index is 1470. The Morgan fingerprint density at radius 3 is 2.47 bits per heavy atom. The topological polar surface area (TPSA) is 114 Å². The third-order valence-electron chi connectivity index (χ3n) is 6.16. The van der Waals surface area contributed by atoms with Gasteiger partial charge in [0.15, 0.2) is 17.4 Å². The summed E-state index contributed by atoms with van der Waals surface area (Å²) in [6.07, 6.45) is 3.57. The van der Waals surface area contributed by atoms with E-state index in [4.69, 9.17) is 10.5 Å². The maximum atomic E-state index is 15.4. The van der Waals surface area contributed by atoms with Gasteiger partial charge in [-0.2, -0.15) is 5.10 Å². The number of H-pyrrole nitrogens is 1. The number of amides is 2. The average Bonchev–Trinajstić information content (AvgIpc) is 3.58. The van der Waals surface area contributed by atoms with E-state index in [0.717, 1.165) is 28.3 Å². The first kappa shape index (κ1) is 23.2. The minimum Gasteiger partial charge on any atom is -0.454 e. The maximum Gasteiger partial charge on any atom is 0.247 e. The molecule has 10 heteroatoms. The van der Waals surface area contributed by atoms with Crippen molar-refractivity contribution in [3.63, 3.8) is 0 Å². The van der Waals surface area contributed by atoms with Crippen molar-refractivity contribution in [1.82, 2.24) is 15.2 Å². The molecule has 2 aromatic carbocycles. The van der Waals surface area contributed by atoms with Crippen LogP contribution < -0.4 is 15.4 Å². The van der Waals surface area contributed by atoms with Crippen molar-refractivity contribution in [2.75, 3.05) is 4.90 Å². The Morgan fingerprint density at radius 2 is 1.83 bits per heavy atom. The Morgan fingerprint density at radius 1 is 1.08 bits per heavy atom. The van der Waals surface area contributed by atoms with Gasteiger partial charge in [-0.05, 0) is 38.0 Å². The molecule has 1 fully saturated rings. The van der Waals surface area contributed by atoms with Crippen LogP contribution in [0.15, 0.2) is 67.0 Å². The number of hydrogen-bond donors (Lipinski definition) is 2. The Hall–Kier alpha value is -4.60. The number of nitrogens with zero attached hydrogens (tertiary/aromatic N) is 3. The number of benzene rings is 2. The van der Waals surface area contributed by atoms with Crippen LogP contribution in [0.3, 0.4) is 0 Å². The summed E-state index contributed by atoms with van der Waals surface area (Å²) in [5, 5.41) is 6.77. The van der Waals surface area contributed by atoms with E-state index >= 15 is 8.78 Å². The van der Waals surface area contributed by atoms with Crippen LogP contribution in [0, 0.1) is 24.0 Å². The number of rotatable bonds is 7. The fraction of sp³-hybridized carbons (Fsp3) is 0.154. The SMILES string of the molecule is Cc1[nH]ncc1-c1cc(Oc2cc(F)c(N(C(=O)C3(C(N)=O)CC3)c3ccccc3)cc2F)ccn1. The third kappa shape index (κ3) is 4.06. The van der Waals surface area contributed by atoms with Crippen LogP contribution in [0.4, 0.5) is 20.2 Å². The van der Waals surface area contributed by atoms with Gasteiger partial charge in [-0.25, -0.2) is 8.78 Å². The van der Waals surface area contributed by atoms with E-state index in [1.165, 1.54) is 12.3 Å². The molecule has 2 heterocycles.